The highest BCUT2D eigenvalue weighted by molar-refractivity contribution is 6.23. The van der Waals surface area contributed by atoms with Crippen LogP contribution < -0.4 is 9.30 Å². The first-order valence-corrected chi connectivity index (χ1v) is 22.2. The van der Waals surface area contributed by atoms with Gasteiger partial charge in [-0.15, -0.1) is 0 Å². The molecule has 8 aromatic carbocycles. The Balaban J connectivity index is 0.950. The lowest BCUT2D eigenvalue weighted by molar-refractivity contribution is -0.572. The molecular weight excluding hydrogens is 809 g/mol. The van der Waals surface area contributed by atoms with Crippen LogP contribution in [-0.2, 0) is 5.41 Å². The number of rotatable bonds is 6. The second-order valence-corrected chi connectivity index (χ2v) is 18.2. The van der Waals surface area contributed by atoms with Crippen molar-refractivity contribution in [3.63, 3.8) is 0 Å². The van der Waals surface area contributed by atoms with Gasteiger partial charge in [0, 0.05) is 44.6 Å². The lowest BCUT2D eigenvalue weighted by Gasteiger charge is -2.20. The maximum Gasteiger partial charge on any atom is 0.269 e. The van der Waals surface area contributed by atoms with Crippen LogP contribution >= 0.6 is 0 Å². The molecule has 0 spiro atoms. The smallest absolute Gasteiger partial charge is 0.269 e. The fraction of sp³-hybridized carbons (Fsp3) is 0.0678. The van der Waals surface area contributed by atoms with Crippen molar-refractivity contribution in [2.45, 2.75) is 26.2 Å². The highest BCUT2D eigenvalue weighted by Crippen LogP contribution is 2.41. The first kappa shape index (κ1) is 37.8. The van der Waals surface area contributed by atoms with E-state index in [-0.39, 0.29) is 5.41 Å². The lowest BCUT2D eigenvalue weighted by atomic mass is 9.88. The van der Waals surface area contributed by atoms with Crippen LogP contribution in [0.5, 0.6) is 11.5 Å². The van der Waals surface area contributed by atoms with Gasteiger partial charge in [0.1, 0.15) is 17.3 Å². The summed E-state index contributed by atoms with van der Waals surface area (Å²) in [6, 6.07) is 63.6. The third-order valence-electron chi connectivity index (χ3n) is 13.2. The number of aromatic nitrogens is 5. The van der Waals surface area contributed by atoms with Gasteiger partial charge in [0.15, 0.2) is 5.69 Å². The maximum atomic E-state index is 8.18. The number of benzene rings is 8. The number of para-hydroxylation sites is 4. The van der Waals surface area contributed by atoms with Crippen molar-refractivity contribution in [1.29, 1.82) is 0 Å². The molecule has 5 aromatic heterocycles. The monoisotopic (exact) mass is 848 g/mol. The van der Waals surface area contributed by atoms with E-state index < -0.39 is 0 Å². The van der Waals surface area contributed by atoms with Crippen LogP contribution in [0.4, 0.5) is 5.69 Å². The van der Waals surface area contributed by atoms with Crippen molar-refractivity contribution >= 4 is 76.6 Å². The molecule has 0 aliphatic carbocycles. The molecular formula is C59H40N6O. The normalized spacial score (nSPS) is 12.2. The van der Waals surface area contributed by atoms with Gasteiger partial charge in [-0.25, -0.2) is 9.83 Å². The molecule has 0 fully saturated rings. The molecule has 0 N–H and O–H groups in total. The zero-order valence-corrected chi connectivity index (χ0v) is 36.5. The molecule has 13 aromatic rings. The summed E-state index contributed by atoms with van der Waals surface area (Å²) in [7, 11) is 0. The first-order valence-electron chi connectivity index (χ1n) is 22.2. The van der Waals surface area contributed by atoms with Crippen LogP contribution in [0.25, 0.3) is 104 Å². The molecule has 0 radical (unpaired) electrons. The Morgan fingerprint density at radius 3 is 2.00 bits per heavy atom. The van der Waals surface area contributed by atoms with Gasteiger partial charge in [-0.05, 0) is 101 Å². The standard InChI is InChI=1S/C59H40N6O/c1-59(2,3)39-26-27-61-57(29-39)64-53-25-22-38(37-14-6-5-7-15-37)28-48(53)47-24-23-43(35-56(47)64)66-44-31-40(60-4)30-41(32-44)62-36-63(55-21-13-12-20-54(55)62)42-33-49-45-16-8-10-18-51(45)65-52-19-11-9-17-46(52)50(34-42)58(49)65/h5-35H,1-3H3. The summed E-state index contributed by atoms with van der Waals surface area (Å²) in [5.74, 6) is 2.05. The van der Waals surface area contributed by atoms with Crippen molar-refractivity contribution < 1.29 is 9.30 Å². The van der Waals surface area contributed by atoms with Gasteiger partial charge in [0.2, 0.25) is 0 Å². The van der Waals surface area contributed by atoms with E-state index in [1.807, 2.05) is 41.1 Å². The molecule has 0 saturated heterocycles. The Kier molecular flexibility index (Phi) is 8.09. The van der Waals surface area contributed by atoms with Gasteiger partial charge < -0.3 is 9.14 Å². The van der Waals surface area contributed by atoms with Crippen LogP contribution in [0.1, 0.15) is 26.3 Å². The first-order chi connectivity index (χ1) is 32.3. The lowest BCUT2D eigenvalue weighted by Crippen LogP contribution is -2.29. The van der Waals surface area contributed by atoms with E-state index in [4.69, 9.17) is 16.3 Å². The summed E-state index contributed by atoms with van der Waals surface area (Å²) < 4.78 is 15.6. The number of hydrogen-bond acceptors (Lipinski definition) is 2. The highest BCUT2D eigenvalue weighted by atomic mass is 16.5. The van der Waals surface area contributed by atoms with Gasteiger partial charge >= 0.3 is 0 Å². The molecule has 0 aliphatic heterocycles. The Hall–Kier alpha value is -8.73. The third-order valence-corrected chi connectivity index (χ3v) is 13.2. The van der Waals surface area contributed by atoms with Gasteiger partial charge in [-0.2, -0.15) is 0 Å². The number of ether oxygens (including phenoxy) is 1. The van der Waals surface area contributed by atoms with Crippen molar-refractivity contribution in [3.8, 4) is 39.8 Å². The van der Waals surface area contributed by atoms with Gasteiger partial charge in [-0.1, -0.05) is 118 Å². The van der Waals surface area contributed by atoms with E-state index >= 15 is 0 Å². The molecule has 13 rings (SSSR count). The second kappa shape index (κ2) is 14.1. The average Bonchev–Trinajstić information content (AvgIpc) is 4.09. The number of pyridine rings is 1. The van der Waals surface area contributed by atoms with Gasteiger partial charge in [0.05, 0.1) is 56.6 Å². The molecule has 0 atom stereocenters. The average molecular weight is 849 g/mol. The molecule has 0 amide bonds. The van der Waals surface area contributed by atoms with E-state index in [9.17, 15) is 0 Å². The van der Waals surface area contributed by atoms with Gasteiger partial charge in [-0.3, -0.25) is 13.7 Å². The van der Waals surface area contributed by atoms with E-state index in [0.717, 1.165) is 61.2 Å². The Labute approximate surface area is 380 Å². The van der Waals surface area contributed by atoms with Crippen LogP contribution in [0.15, 0.2) is 188 Å². The van der Waals surface area contributed by atoms with Crippen LogP contribution in [0.2, 0.25) is 0 Å². The maximum absolute atomic E-state index is 8.18. The molecule has 0 saturated carbocycles. The second-order valence-electron chi connectivity index (χ2n) is 18.2. The largest absolute Gasteiger partial charge is 0.459 e. The van der Waals surface area contributed by atoms with E-state index in [1.165, 1.54) is 43.7 Å². The minimum Gasteiger partial charge on any atom is -0.459 e. The summed E-state index contributed by atoms with van der Waals surface area (Å²) in [6.07, 6.45) is 5.62. The molecule has 7 heteroatoms. The fourth-order valence-electron chi connectivity index (χ4n) is 10.1. The van der Waals surface area contributed by atoms with Crippen LogP contribution in [0.3, 0.4) is 0 Å². The summed E-state index contributed by atoms with van der Waals surface area (Å²) >= 11 is 0. The quantitative estimate of drug-likeness (QED) is 0.124. The predicted octanol–water partition coefficient (Wildman–Crippen LogP) is 14.7. The third kappa shape index (κ3) is 5.75. The summed E-state index contributed by atoms with van der Waals surface area (Å²) in [5.41, 5.74) is 13.3. The summed E-state index contributed by atoms with van der Waals surface area (Å²) in [6.45, 7) is 14.9. The van der Waals surface area contributed by atoms with E-state index in [2.05, 4.69) is 191 Å². The summed E-state index contributed by atoms with van der Waals surface area (Å²) in [4.78, 5) is 8.86. The van der Waals surface area contributed by atoms with Crippen molar-refractivity contribution in [2.75, 3.05) is 0 Å². The van der Waals surface area contributed by atoms with Crippen molar-refractivity contribution in [2.24, 2.45) is 0 Å². The van der Waals surface area contributed by atoms with E-state index in [0.29, 0.717) is 17.2 Å². The number of nitrogens with zero attached hydrogens (tertiary/aromatic N) is 6. The zero-order chi connectivity index (χ0) is 44.3. The van der Waals surface area contributed by atoms with Crippen molar-refractivity contribution in [1.82, 2.24) is 18.5 Å². The molecule has 7 nitrogen and oxygen atoms in total. The molecule has 66 heavy (non-hydrogen) atoms. The fourth-order valence-corrected chi connectivity index (χ4v) is 10.1. The van der Waals surface area contributed by atoms with Crippen LogP contribution in [0, 0.1) is 12.9 Å². The molecule has 0 aliphatic rings. The minimum absolute atomic E-state index is 0.0589. The Bertz CT molecular complexity index is 4060. The molecule has 312 valence electrons. The SMILES string of the molecule is [C-]#[N+]c1cc(Oc2ccc3c4cc(-c5ccccc5)ccc4n(-c4cc(C(C)(C)C)ccn4)c3c2)cc(-n2[c-][n+](-c3cc4c5ccccc5n5c6ccccc6c(c3)c45)c3ccccc32)c1. The highest BCUT2D eigenvalue weighted by Gasteiger charge is 2.22. The number of imidazole rings is 1. The van der Waals surface area contributed by atoms with Crippen LogP contribution in [-0.4, -0.2) is 18.5 Å². The number of hydrogen-bond donors (Lipinski definition) is 0. The molecule has 0 bridgehead atoms. The minimum atomic E-state index is -0.0589. The predicted molar refractivity (Wildman–Crippen MR) is 267 cm³/mol. The number of fused-ring (bicyclic) bond motifs is 10. The van der Waals surface area contributed by atoms with Crippen molar-refractivity contribution in [3.05, 3.63) is 211 Å². The molecule has 0 unspecified atom stereocenters. The van der Waals surface area contributed by atoms with Gasteiger partial charge in [0.25, 0.3) is 6.33 Å². The zero-order valence-electron chi connectivity index (χ0n) is 36.5. The Morgan fingerprint density at radius 2 is 1.26 bits per heavy atom. The van der Waals surface area contributed by atoms with E-state index in [1.54, 1.807) is 6.07 Å². The summed E-state index contributed by atoms with van der Waals surface area (Å²) in [5, 5.41) is 7.05. The topological polar surface area (TPSA) is 44.6 Å². The Morgan fingerprint density at radius 1 is 0.561 bits per heavy atom. The molecule has 5 heterocycles.